The third-order valence-corrected chi connectivity index (χ3v) is 4.06. The van der Waals surface area contributed by atoms with Gasteiger partial charge in [0.15, 0.2) is 5.82 Å². The Morgan fingerprint density at radius 1 is 1.36 bits per heavy atom. The third-order valence-electron chi connectivity index (χ3n) is 3.04. The first-order valence-corrected chi connectivity index (χ1v) is 9.09. The van der Waals surface area contributed by atoms with Crippen LogP contribution in [0.15, 0.2) is 27.9 Å². The van der Waals surface area contributed by atoms with Crippen molar-refractivity contribution in [1.82, 2.24) is 19.1 Å². The predicted octanol–water partition coefficient (Wildman–Crippen LogP) is -0.348. The van der Waals surface area contributed by atoms with Crippen molar-refractivity contribution in [2.24, 2.45) is 7.05 Å². The summed E-state index contributed by atoms with van der Waals surface area (Å²) in [6.45, 7) is -0.104. The Labute approximate surface area is 146 Å². The molecule has 0 aliphatic heterocycles. The van der Waals surface area contributed by atoms with E-state index >= 15 is 0 Å². The zero-order chi connectivity index (χ0) is 18.8. The Kier molecular flexibility index (Phi) is 5.60. The Morgan fingerprint density at radius 3 is 2.68 bits per heavy atom. The van der Waals surface area contributed by atoms with E-state index in [2.05, 4.69) is 9.82 Å². The molecule has 0 aliphatic carbocycles. The second kappa shape index (κ2) is 7.33. The fourth-order valence-electron chi connectivity index (χ4n) is 1.82. The summed E-state index contributed by atoms with van der Waals surface area (Å²) >= 11 is 5.89. The van der Waals surface area contributed by atoms with Crippen LogP contribution >= 0.6 is 11.6 Å². The highest BCUT2D eigenvalue weighted by Gasteiger charge is 2.15. The molecule has 25 heavy (non-hydrogen) atoms. The monoisotopic (exact) mass is 392 g/mol. The minimum absolute atomic E-state index is 0.0240. The lowest BCUT2D eigenvalue weighted by Crippen LogP contribution is -2.38. The molecule has 0 saturated heterocycles. The van der Waals surface area contributed by atoms with E-state index in [9.17, 15) is 22.4 Å². The van der Waals surface area contributed by atoms with Gasteiger partial charge in [-0.25, -0.2) is 22.3 Å². The van der Waals surface area contributed by atoms with Gasteiger partial charge in [-0.1, -0.05) is 11.6 Å². The van der Waals surface area contributed by atoms with Crippen LogP contribution in [0, 0.1) is 5.82 Å². The van der Waals surface area contributed by atoms with Crippen molar-refractivity contribution in [3.8, 4) is 11.4 Å². The van der Waals surface area contributed by atoms with Gasteiger partial charge in [-0.2, -0.15) is 9.78 Å². The van der Waals surface area contributed by atoms with E-state index in [1.807, 2.05) is 0 Å². The molecule has 1 aromatic carbocycles. The van der Waals surface area contributed by atoms with Crippen LogP contribution in [0.3, 0.4) is 0 Å². The fraction of sp³-hybridized carbons (Fsp3) is 0.308. The van der Waals surface area contributed by atoms with Crippen LogP contribution in [-0.4, -0.2) is 42.2 Å². The Hall–Kier alpha value is -2.24. The molecular weight excluding hydrogens is 379 g/mol. The Bertz CT molecular complexity index is 1020. The summed E-state index contributed by atoms with van der Waals surface area (Å²) in [6, 6.07) is 2.06. The molecule has 0 unspecified atom stereocenters. The maximum Gasteiger partial charge on any atom is 0.352 e. The summed E-state index contributed by atoms with van der Waals surface area (Å²) in [5, 5.41) is 3.54. The van der Waals surface area contributed by atoms with Crippen molar-refractivity contribution in [3.63, 3.8) is 0 Å². The van der Waals surface area contributed by atoms with Gasteiger partial charge in [0, 0.05) is 19.7 Å². The number of hydrogen-bond donors (Lipinski definition) is 1. The summed E-state index contributed by atoms with van der Waals surface area (Å²) in [4.78, 5) is 23.4. The average Bonchev–Trinajstić information content (AvgIpc) is 2.51. The third kappa shape index (κ3) is 4.65. The average molecular weight is 393 g/mol. The Morgan fingerprint density at radius 2 is 2.04 bits per heavy atom. The number of ether oxygens (including phenoxy) is 1. The van der Waals surface area contributed by atoms with E-state index in [0.717, 1.165) is 29.2 Å². The first kappa shape index (κ1) is 19.1. The standard InChI is InChI=1S/C13H14ClFN4O5S/c1-18-12(20)7-16-19(13(18)21)10-6-11(8(14)5-9(10)15)24-4-3-17-25(2,22)23/h5-7,17H,3-4H2,1-2H3. The van der Waals surface area contributed by atoms with Crippen molar-refractivity contribution < 1.29 is 17.5 Å². The zero-order valence-electron chi connectivity index (χ0n) is 13.2. The van der Waals surface area contributed by atoms with E-state index in [1.54, 1.807) is 0 Å². The normalized spacial score (nSPS) is 11.5. The maximum atomic E-state index is 14.2. The first-order chi connectivity index (χ1) is 11.6. The van der Waals surface area contributed by atoms with E-state index in [0.29, 0.717) is 4.68 Å². The summed E-state index contributed by atoms with van der Waals surface area (Å²) in [6.07, 6.45) is 1.86. The minimum atomic E-state index is -3.37. The molecule has 12 heteroatoms. The molecule has 0 spiro atoms. The molecule has 136 valence electrons. The molecule has 1 N–H and O–H groups in total. The van der Waals surface area contributed by atoms with Crippen LogP contribution in [-0.2, 0) is 17.1 Å². The molecule has 0 fully saturated rings. The summed E-state index contributed by atoms with van der Waals surface area (Å²) in [5.74, 6) is -0.823. The fourth-order valence-corrected chi connectivity index (χ4v) is 2.48. The molecule has 0 saturated carbocycles. The number of rotatable bonds is 6. The van der Waals surface area contributed by atoms with Crippen LogP contribution in [0.2, 0.25) is 5.02 Å². The lowest BCUT2D eigenvalue weighted by Gasteiger charge is -2.12. The molecule has 0 atom stereocenters. The highest BCUT2D eigenvalue weighted by Crippen LogP contribution is 2.28. The first-order valence-electron chi connectivity index (χ1n) is 6.82. The molecule has 0 radical (unpaired) electrons. The van der Waals surface area contributed by atoms with E-state index in [4.69, 9.17) is 16.3 Å². The number of aromatic nitrogens is 3. The van der Waals surface area contributed by atoms with E-state index < -0.39 is 27.1 Å². The summed E-state index contributed by atoms with van der Waals surface area (Å²) in [7, 11) is -2.14. The van der Waals surface area contributed by atoms with Gasteiger partial charge in [0.25, 0.3) is 5.56 Å². The van der Waals surface area contributed by atoms with Crippen LogP contribution < -0.4 is 20.7 Å². The molecule has 0 bridgehead atoms. The molecule has 2 rings (SSSR count). The van der Waals surface area contributed by atoms with E-state index in [1.165, 1.54) is 7.05 Å². The van der Waals surface area contributed by atoms with Gasteiger partial charge >= 0.3 is 5.69 Å². The molecule has 1 aromatic heterocycles. The largest absolute Gasteiger partial charge is 0.491 e. The lowest BCUT2D eigenvalue weighted by molar-refractivity contribution is 0.322. The van der Waals surface area contributed by atoms with Gasteiger partial charge in [0.2, 0.25) is 10.0 Å². The second-order valence-electron chi connectivity index (χ2n) is 4.99. The van der Waals surface area contributed by atoms with Crippen molar-refractivity contribution >= 4 is 21.6 Å². The number of benzene rings is 1. The van der Waals surface area contributed by atoms with Crippen LogP contribution in [0.4, 0.5) is 4.39 Å². The molecule has 9 nitrogen and oxygen atoms in total. The highest BCUT2D eigenvalue weighted by molar-refractivity contribution is 7.88. The SMILES string of the molecule is Cn1c(=O)cnn(-c2cc(OCCNS(C)(=O)=O)c(Cl)cc2F)c1=O. The smallest absolute Gasteiger partial charge is 0.352 e. The van der Waals surface area contributed by atoms with Crippen LogP contribution in [0.1, 0.15) is 0 Å². The van der Waals surface area contributed by atoms with E-state index in [-0.39, 0.29) is 29.6 Å². The van der Waals surface area contributed by atoms with Crippen LogP contribution in [0.25, 0.3) is 5.69 Å². The zero-order valence-corrected chi connectivity index (χ0v) is 14.8. The highest BCUT2D eigenvalue weighted by atomic mass is 35.5. The number of nitrogens with one attached hydrogen (secondary N) is 1. The van der Waals surface area contributed by atoms with Crippen LogP contribution in [0.5, 0.6) is 5.75 Å². The predicted molar refractivity (Wildman–Crippen MR) is 88.4 cm³/mol. The van der Waals surface area contributed by atoms with Crippen molar-refractivity contribution in [1.29, 1.82) is 0 Å². The molecule has 0 aliphatic rings. The molecule has 1 heterocycles. The summed E-state index contributed by atoms with van der Waals surface area (Å²) in [5.41, 5.74) is -1.76. The molecular formula is C13H14ClFN4O5S. The van der Waals surface area contributed by atoms with Crippen molar-refractivity contribution in [2.75, 3.05) is 19.4 Å². The van der Waals surface area contributed by atoms with Crippen molar-refractivity contribution in [3.05, 3.63) is 50.0 Å². The minimum Gasteiger partial charge on any atom is -0.491 e. The maximum absolute atomic E-state index is 14.2. The topological polar surface area (TPSA) is 112 Å². The lowest BCUT2D eigenvalue weighted by atomic mass is 10.3. The summed E-state index contributed by atoms with van der Waals surface area (Å²) < 4.78 is 45.1. The quantitative estimate of drug-likeness (QED) is 0.672. The molecule has 0 amide bonds. The van der Waals surface area contributed by atoms with Gasteiger partial charge < -0.3 is 4.74 Å². The van der Waals surface area contributed by atoms with Gasteiger partial charge in [-0.05, 0) is 6.07 Å². The second-order valence-corrected chi connectivity index (χ2v) is 7.23. The number of hydrogen-bond acceptors (Lipinski definition) is 6. The van der Waals surface area contributed by atoms with Gasteiger partial charge in [-0.3, -0.25) is 9.36 Å². The van der Waals surface area contributed by atoms with Crippen molar-refractivity contribution in [2.45, 2.75) is 0 Å². The molecule has 2 aromatic rings. The van der Waals surface area contributed by atoms with Gasteiger partial charge in [0.1, 0.15) is 24.2 Å². The number of halogens is 2. The number of nitrogens with zero attached hydrogens (tertiary/aromatic N) is 3. The Balaban J connectivity index is 2.34. The van der Waals surface area contributed by atoms with Gasteiger partial charge in [0.05, 0.1) is 11.3 Å². The van der Waals surface area contributed by atoms with Gasteiger partial charge in [-0.15, -0.1) is 0 Å². The number of sulfonamides is 1.